The average Bonchev–Trinajstić information content (AvgIpc) is 2.60. The molecule has 0 radical (unpaired) electrons. The van der Waals surface area contributed by atoms with Crippen molar-refractivity contribution in [3.05, 3.63) is 77.9 Å². The van der Waals surface area contributed by atoms with Crippen molar-refractivity contribution in [1.82, 2.24) is 5.32 Å². The Hall–Kier alpha value is -3.02. The van der Waals surface area contributed by atoms with E-state index in [0.717, 1.165) is 0 Å². The number of nitrogens with one attached hydrogen (secondary N) is 1. The molecule has 4 rings (SSSR count). The van der Waals surface area contributed by atoms with Gasteiger partial charge in [0.1, 0.15) is 5.75 Å². The highest BCUT2D eigenvalue weighted by molar-refractivity contribution is 5.94. The number of alkyl halides is 3. The first-order valence-corrected chi connectivity index (χ1v) is 7.58. The molecule has 1 amide bonds. The molecule has 6 heteroatoms. The molecule has 3 aromatic rings. The van der Waals surface area contributed by atoms with Gasteiger partial charge < -0.3 is 4.74 Å². The van der Waals surface area contributed by atoms with Crippen LogP contribution in [0.5, 0.6) is 5.75 Å². The average molecular weight is 343 g/mol. The fourth-order valence-electron chi connectivity index (χ4n) is 3.29. The van der Waals surface area contributed by atoms with Crippen LogP contribution in [0, 0.1) is 0 Å². The van der Waals surface area contributed by atoms with Crippen molar-refractivity contribution in [2.24, 2.45) is 0 Å². The summed E-state index contributed by atoms with van der Waals surface area (Å²) in [6.45, 7) is 0. The molecule has 0 aromatic heterocycles. The second-order valence-electron chi connectivity index (χ2n) is 5.79. The van der Waals surface area contributed by atoms with Crippen molar-refractivity contribution < 1.29 is 22.7 Å². The van der Waals surface area contributed by atoms with Gasteiger partial charge in [-0.05, 0) is 10.9 Å². The number of rotatable bonds is 1. The van der Waals surface area contributed by atoms with Gasteiger partial charge in [-0.1, -0.05) is 66.7 Å². The third-order valence-electron chi connectivity index (χ3n) is 4.40. The summed E-state index contributed by atoms with van der Waals surface area (Å²) in [5.74, 6) is -0.0666. The number of ether oxygens (including phenoxy) is 1. The van der Waals surface area contributed by atoms with Crippen LogP contribution in [0.2, 0.25) is 0 Å². The zero-order chi connectivity index (χ0) is 17.7. The predicted octanol–water partition coefficient (Wildman–Crippen LogP) is 4.75. The first kappa shape index (κ1) is 15.5. The molecule has 0 aliphatic carbocycles. The van der Waals surface area contributed by atoms with Crippen molar-refractivity contribution in [2.45, 2.75) is 11.7 Å². The summed E-state index contributed by atoms with van der Waals surface area (Å²) in [7, 11) is 0. The van der Waals surface area contributed by atoms with E-state index < -0.39 is 17.8 Å². The summed E-state index contributed by atoms with van der Waals surface area (Å²) in [5, 5.41) is 3.17. The Balaban J connectivity index is 2.12. The SMILES string of the molecule is O=C1N[C@](c2ccccc2)(C(F)(F)F)c2ccc3ccccc3c2O1. The van der Waals surface area contributed by atoms with Gasteiger partial charge >= 0.3 is 12.3 Å². The molecule has 3 nitrogen and oxygen atoms in total. The highest BCUT2D eigenvalue weighted by Gasteiger charge is 2.61. The van der Waals surface area contributed by atoms with E-state index in [0.29, 0.717) is 10.8 Å². The van der Waals surface area contributed by atoms with Gasteiger partial charge in [-0.3, -0.25) is 5.32 Å². The summed E-state index contributed by atoms with van der Waals surface area (Å²) in [6.07, 6.45) is -5.89. The van der Waals surface area contributed by atoms with Crippen LogP contribution < -0.4 is 10.1 Å². The van der Waals surface area contributed by atoms with Gasteiger partial charge in [0.2, 0.25) is 0 Å². The Kier molecular flexibility index (Phi) is 3.25. The highest BCUT2D eigenvalue weighted by Crippen LogP contribution is 2.50. The lowest BCUT2D eigenvalue weighted by molar-refractivity contribution is -0.186. The van der Waals surface area contributed by atoms with Crippen LogP contribution in [0.25, 0.3) is 10.8 Å². The Labute approximate surface area is 141 Å². The molecule has 0 saturated carbocycles. The van der Waals surface area contributed by atoms with Crippen LogP contribution in [-0.4, -0.2) is 12.3 Å². The van der Waals surface area contributed by atoms with Crippen LogP contribution in [0.3, 0.4) is 0 Å². The zero-order valence-electron chi connectivity index (χ0n) is 12.8. The monoisotopic (exact) mass is 343 g/mol. The van der Waals surface area contributed by atoms with Crippen molar-refractivity contribution in [3.8, 4) is 5.75 Å². The highest BCUT2D eigenvalue weighted by atomic mass is 19.4. The maximum Gasteiger partial charge on any atom is 0.420 e. The van der Waals surface area contributed by atoms with Gasteiger partial charge in [0.25, 0.3) is 0 Å². The second kappa shape index (κ2) is 5.24. The minimum atomic E-state index is -4.76. The maximum atomic E-state index is 14.3. The molecule has 0 spiro atoms. The summed E-state index contributed by atoms with van der Waals surface area (Å²) < 4.78 is 48.0. The number of fused-ring (bicyclic) bond motifs is 3. The number of carbonyl (C=O) groups excluding carboxylic acids is 1. The quantitative estimate of drug-likeness (QED) is 0.693. The Morgan fingerprint density at radius 1 is 0.880 bits per heavy atom. The maximum absolute atomic E-state index is 14.3. The van der Waals surface area contributed by atoms with E-state index in [-0.39, 0.29) is 16.9 Å². The third-order valence-corrected chi connectivity index (χ3v) is 4.40. The first-order chi connectivity index (χ1) is 11.9. The topological polar surface area (TPSA) is 38.3 Å². The molecule has 3 aromatic carbocycles. The molecular weight excluding hydrogens is 331 g/mol. The standard InChI is InChI=1S/C19H12F3NO2/c20-19(21,22)18(13-7-2-1-3-8-13)15-11-10-12-6-4-5-9-14(12)16(15)25-17(24)23-18/h1-11H,(H,23,24)/t18-/m0/s1. The van der Waals surface area contributed by atoms with Gasteiger partial charge in [0.05, 0.1) is 0 Å². The molecule has 1 aliphatic rings. The van der Waals surface area contributed by atoms with Crippen LogP contribution in [0.4, 0.5) is 18.0 Å². The lowest BCUT2D eigenvalue weighted by Crippen LogP contribution is -2.60. The van der Waals surface area contributed by atoms with E-state index >= 15 is 0 Å². The summed E-state index contributed by atoms with van der Waals surface area (Å²) in [5.41, 5.74) is -2.87. The normalized spacial score (nSPS) is 19.9. The first-order valence-electron chi connectivity index (χ1n) is 7.58. The molecule has 1 atom stereocenters. The summed E-state index contributed by atoms with van der Waals surface area (Å²) in [6, 6.07) is 17.1. The fraction of sp³-hybridized carbons (Fsp3) is 0.105. The molecule has 1 N–H and O–H groups in total. The van der Waals surface area contributed by atoms with Gasteiger partial charge in [-0.15, -0.1) is 0 Å². The minimum Gasteiger partial charge on any atom is -0.409 e. The van der Waals surface area contributed by atoms with Gasteiger partial charge in [-0.2, -0.15) is 13.2 Å². The Bertz CT molecular complexity index is 969. The third kappa shape index (κ3) is 2.17. The van der Waals surface area contributed by atoms with E-state index in [1.54, 1.807) is 36.4 Å². The Morgan fingerprint density at radius 2 is 1.56 bits per heavy atom. The van der Waals surface area contributed by atoms with Crippen LogP contribution in [0.15, 0.2) is 66.7 Å². The molecule has 25 heavy (non-hydrogen) atoms. The van der Waals surface area contributed by atoms with Crippen molar-refractivity contribution in [2.75, 3.05) is 0 Å². The fourth-order valence-corrected chi connectivity index (χ4v) is 3.29. The van der Waals surface area contributed by atoms with Crippen LogP contribution in [-0.2, 0) is 5.54 Å². The predicted molar refractivity (Wildman–Crippen MR) is 86.4 cm³/mol. The van der Waals surface area contributed by atoms with E-state index in [2.05, 4.69) is 0 Å². The van der Waals surface area contributed by atoms with E-state index in [1.165, 1.54) is 30.3 Å². The Morgan fingerprint density at radius 3 is 2.28 bits per heavy atom. The number of hydrogen-bond donors (Lipinski definition) is 1. The lowest BCUT2D eigenvalue weighted by Gasteiger charge is -2.40. The van der Waals surface area contributed by atoms with Crippen molar-refractivity contribution >= 4 is 16.9 Å². The number of benzene rings is 3. The van der Waals surface area contributed by atoms with Gasteiger partial charge in [0, 0.05) is 10.9 Å². The number of amides is 1. The van der Waals surface area contributed by atoms with E-state index in [1.807, 2.05) is 5.32 Å². The van der Waals surface area contributed by atoms with Gasteiger partial charge in [0.15, 0.2) is 5.54 Å². The van der Waals surface area contributed by atoms with Crippen LogP contribution >= 0.6 is 0 Å². The molecule has 0 saturated heterocycles. The molecule has 1 heterocycles. The molecule has 126 valence electrons. The summed E-state index contributed by atoms with van der Waals surface area (Å²) >= 11 is 0. The van der Waals surface area contributed by atoms with Crippen LogP contribution in [0.1, 0.15) is 11.1 Å². The smallest absolute Gasteiger partial charge is 0.409 e. The molecule has 1 aliphatic heterocycles. The number of hydrogen-bond acceptors (Lipinski definition) is 2. The molecular formula is C19H12F3NO2. The second-order valence-corrected chi connectivity index (χ2v) is 5.79. The molecule has 0 bridgehead atoms. The largest absolute Gasteiger partial charge is 0.420 e. The van der Waals surface area contributed by atoms with Crippen molar-refractivity contribution in [1.29, 1.82) is 0 Å². The van der Waals surface area contributed by atoms with Gasteiger partial charge in [-0.25, -0.2) is 4.79 Å². The van der Waals surface area contributed by atoms with E-state index in [9.17, 15) is 18.0 Å². The minimum absolute atomic E-state index is 0.0666. The molecule has 0 unspecified atom stereocenters. The molecule has 0 fully saturated rings. The number of halogens is 3. The number of carbonyl (C=O) groups is 1. The van der Waals surface area contributed by atoms with E-state index in [4.69, 9.17) is 4.74 Å². The van der Waals surface area contributed by atoms with Crippen molar-refractivity contribution in [3.63, 3.8) is 0 Å². The zero-order valence-corrected chi connectivity index (χ0v) is 12.8. The lowest BCUT2D eigenvalue weighted by atomic mass is 9.80. The summed E-state index contributed by atoms with van der Waals surface area (Å²) in [4.78, 5) is 12.1.